The minimum atomic E-state index is 0.174. The number of para-hydroxylation sites is 2. The van der Waals surface area contributed by atoms with Crippen LogP contribution in [0.15, 0.2) is 48.5 Å². The number of amides is 1. The van der Waals surface area contributed by atoms with E-state index in [0.717, 1.165) is 44.8 Å². The standard InChI is InChI=1S/C25H33N3O2/c1-30-24-8-3-2-7-23(24)28-18-16-27(17-19-28)15-5-4-6-20-9-11-21(12-10-20)22-13-14-25(29)26-22/h2-3,7-12,22H,4-6,13-19H2,1H3,(H,26,29). The maximum Gasteiger partial charge on any atom is 0.220 e. The molecule has 0 aromatic heterocycles. The predicted octanol–water partition coefficient (Wildman–Crippen LogP) is 3.79. The van der Waals surface area contributed by atoms with E-state index in [-0.39, 0.29) is 11.9 Å². The first-order chi connectivity index (χ1) is 14.7. The largest absolute Gasteiger partial charge is 0.495 e. The monoisotopic (exact) mass is 407 g/mol. The van der Waals surface area contributed by atoms with Gasteiger partial charge in [0.1, 0.15) is 5.75 Å². The number of carbonyl (C=O) groups is 1. The minimum Gasteiger partial charge on any atom is -0.495 e. The van der Waals surface area contributed by atoms with Crippen LogP contribution in [0, 0.1) is 0 Å². The van der Waals surface area contributed by atoms with E-state index in [2.05, 4.69) is 51.5 Å². The van der Waals surface area contributed by atoms with Gasteiger partial charge >= 0.3 is 0 Å². The Balaban J connectivity index is 1.16. The number of unbranched alkanes of at least 4 members (excludes halogenated alkanes) is 1. The van der Waals surface area contributed by atoms with Crippen molar-refractivity contribution >= 4 is 11.6 Å². The van der Waals surface area contributed by atoms with Gasteiger partial charge in [-0.15, -0.1) is 0 Å². The molecular formula is C25H33N3O2. The Morgan fingerprint density at radius 1 is 1.00 bits per heavy atom. The van der Waals surface area contributed by atoms with Crippen molar-refractivity contribution in [1.82, 2.24) is 10.2 Å². The molecule has 2 aromatic rings. The number of piperazine rings is 1. The summed E-state index contributed by atoms with van der Waals surface area (Å²) in [7, 11) is 1.75. The third-order valence-corrected chi connectivity index (χ3v) is 6.37. The highest BCUT2D eigenvalue weighted by atomic mass is 16.5. The van der Waals surface area contributed by atoms with Gasteiger partial charge in [0.25, 0.3) is 0 Å². The minimum absolute atomic E-state index is 0.174. The first-order valence-corrected chi connectivity index (χ1v) is 11.2. The van der Waals surface area contributed by atoms with Crippen LogP contribution >= 0.6 is 0 Å². The quantitative estimate of drug-likeness (QED) is 0.676. The van der Waals surface area contributed by atoms with E-state index >= 15 is 0 Å². The Morgan fingerprint density at radius 2 is 1.77 bits per heavy atom. The SMILES string of the molecule is COc1ccccc1N1CCN(CCCCc2ccc(C3CCC(=O)N3)cc2)CC1. The lowest BCUT2D eigenvalue weighted by atomic mass is 10.0. The lowest BCUT2D eigenvalue weighted by Gasteiger charge is -2.36. The highest BCUT2D eigenvalue weighted by Crippen LogP contribution is 2.28. The van der Waals surface area contributed by atoms with Gasteiger partial charge in [-0.05, 0) is 55.5 Å². The number of aryl methyl sites for hydroxylation is 1. The van der Waals surface area contributed by atoms with Crippen molar-refractivity contribution in [3.63, 3.8) is 0 Å². The topological polar surface area (TPSA) is 44.8 Å². The summed E-state index contributed by atoms with van der Waals surface area (Å²) < 4.78 is 5.51. The molecule has 160 valence electrons. The number of carbonyl (C=O) groups excluding carboxylic acids is 1. The summed E-state index contributed by atoms with van der Waals surface area (Å²) in [4.78, 5) is 16.4. The van der Waals surface area contributed by atoms with Gasteiger partial charge in [0, 0.05) is 32.6 Å². The molecule has 1 amide bonds. The fraction of sp³-hybridized carbons (Fsp3) is 0.480. The number of hydrogen-bond donors (Lipinski definition) is 1. The van der Waals surface area contributed by atoms with Crippen LogP contribution in [0.4, 0.5) is 5.69 Å². The van der Waals surface area contributed by atoms with Crippen LogP contribution in [0.5, 0.6) is 5.75 Å². The molecule has 1 unspecified atom stereocenters. The highest BCUT2D eigenvalue weighted by molar-refractivity contribution is 5.78. The molecule has 0 radical (unpaired) electrons. The lowest BCUT2D eigenvalue weighted by Crippen LogP contribution is -2.46. The summed E-state index contributed by atoms with van der Waals surface area (Å²) in [5, 5.41) is 3.04. The molecule has 0 aliphatic carbocycles. The smallest absolute Gasteiger partial charge is 0.220 e. The van der Waals surface area contributed by atoms with Gasteiger partial charge < -0.3 is 15.0 Å². The van der Waals surface area contributed by atoms with Crippen LogP contribution in [-0.4, -0.2) is 50.6 Å². The molecule has 2 aliphatic heterocycles. The van der Waals surface area contributed by atoms with E-state index < -0.39 is 0 Å². The molecular weight excluding hydrogens is 374 g/mol. The highest BCUT2D eigenvalue weighted by Gasteiger charge is 2.22. The molecule has 5 heteroatoms. The molecule has 2 fully saturated rings. The second kappa shape index (κ2) is 9.98. The number of ether oxygens (including phenoxy) is 1. The molecule has 4 rings (SSSR count). The average Bonchev–Trinajstić information content (AvgIpc) is 3.24. The number of methoxy groups -OCH3 is 1. The molecule has 2 saturated heterocycles. The van der Waals surface area contributed by atoms with Gasteiger partial charge in [0.05, 0.1) is 18.8 Å². The lowest BCUT2D eigenvalue weighted by molar-refractivity contribution is -0.119. The van der Waals surface area contributed by atoms with E-state index in [1.165, 1.54) is 36.2 Å². The Labute approximate surface area is 180 Å². The average molecular weight is 408 g/mol. The van der Waals surface area contributed by atoms with Gasteiger partial charge in [-0.25, -0.2) is 0 Å². The van der Waals surface area contributed by atoms with Crippen LogP contribution in [0.1, 0.15) is 42.9 Å². The molecule has 0 saturated carbocycles. The molecule has 0 spiro atoms. The molecule has 2 aromatic carbocycles. The van der Waals surface area contributed by atoms with Crippen molar-refractivity contribution in [3.05, 3.63) is 59.7 Å². The molecule has 0 bridgehead atoms. The van der Waals surface area contributed by atoms with Crippen LogP contribution in [-0.2, 0) is 11.2 Å². The van der Waals surface area contributed by atoms with Crippen molar-refractivity contribution in [2.75, 3.05) is 44.7 Å². The number of benzene rings is 2. The number of nitrogens with one attached hydrogen (secondary N) is 1. The first-order valence-electron chi connectivity index (χ1n) is 11.2. The summed E-state index contributed by atoms with van der Waals surface area (Å²) in [5.41, 5.74) is 3.84. The number of hydrogen-bond acceptors (Lipinski definition) is 4. The Morgan fingerprint density at radius 3 is 2.47 bits per heavy atom. The van der Waals surface area contributed by atoms with Crippen molar-refractivity contribution in [3.8, 4) is 5.75 Å². The summed E-state index contributed by atoms with van der Waals surface area (Å²) in [5.74, 6) is 1.14. The third-order valence-electron chi connectivity index (χ3n) is 6.37. The van der Waals surface area contributed by atoms with Gasteiger partial charge in [-0.3, -0.25) is 9.69 Å². The molecule has 30 heavy (non-hydrogen) atoms. The first kappa shape index (κ1) is 20.7. The molecule has 2 aliphatic rings. The molecule has 1 atom stereocenters. The van der Waals surface area contributed by atoms with E-state index in [0.29, 0.717) is 6.42 Å². The number of rotatable bonds is 8. The maximum absolute atomic E-state index is 11.4. The Kier molecular flexibility index (Phi) is 6.90. The van der Waals surface area contributed by atoms with Crippen molar-refractivity contribution in [2.45, 2.75) is 38.1 Å². The van der Waals surface area contributed by atoms with E-state index in [4.69, 9.17) is 4.74 Å². The van der Waals surface area contributed by atoms with Gasteiger partial charge in [-0.1, -0.05) is 36.4 Å². The van der Waals surface area contributed by atoms with Crippen molar-refractivity contribution in [2.24, 2.45) is 0 Å². The normalized spacial score (nSPS) is 19.7. The number of nitrogens with zero attached hydrogens (tertiary/aromatic N) is 2. The second-order valence-electron chi connectivity index (χ2n) is 8.36. The predicted molar refractivity (Wildman–Crippen MR) is 121 cm³/mol. The van der Waals surface area contributed by atoms with Crippen molar-refractivity contribution in [1.29, 1.82) is 0 Å². The zero-order chi connectivity index (χ0) is 20.8. The number of anilines is 1. The second-order valence-corrected chi connectivity index (χ2v) is 8.36. The molecule has 5 nitrogen and oxygen atoms in total. The Hall–Kier alpha value is -2.53. The van der Waals surface area contributed by atoms with E-state index in [1.807, 2.05) is 12.1 Å². The molecule has 2 heterocycles. The van der Waals surface area contributed by atoms with Gasteiger partial charge in [0.15, 0.2) is 0 Å². The van der Waals surface area contributed by atoms with Crippen LogP contribution < -0.4 is 15.0 Å². The summed E-state index contributed by atoms with van der Waals surface area (Å²) >= 11 is 0. The maximum atomic E-state index is 11.4. The Bertz CT molecular complexity index is 829. The van der Waals surface area contributed by atoms with E-state index in [9.17, 15) is 4.79 Å². The van der Waals surface area contributed by atoms with Crippen molar-refractivity contribution < 1.29 is 9.53 Å². The fourth-order valence-corrected chi connectivity index (χ4v) is 4.55. The third kappa shape index (κ3) is 5.14. The fourth-order valence-electron chi connectivity index (χ4n) is 4.55. The van der Waals surface area contributed by atoms with Gasteiger partial charge in [0.2, 0.25) is 5.91 Å². The zero-order valence-corrected chi connectivity index (χ0v) is 18.0. The summed E-state index contributed by atoms with van der Waals surface area (Å²) in [6.45, 7) is 5.50. The summed E-state index contributed by atoms with van der Waals surface area (Å²) in [6.07, 6.45) is 5.14. The van der Waals surface area contributed by atoms with E-state index in [1.54, 1.807) is 7.11 Å². The summed E-state index contributed by atoms with van der Waals surface area (Å²) in [6, 6.07) is 17.3. The van der Waals surface area contributed by atoms with Gasteiger partial charge in [-0.2, -0.15) is 0 Å². The molecule has 1 N–H and O–H groups in total. The van der Waals surface area contributed by atoms with Crippen LogP contribution in [0.3, 0.4) is 0 Å². The van der Waals surface area contributed by atoms with Crippen LogP contribution in [0.25, 0.3) is 0 Å². The van der Waals surface area contributed by atoms with Crippen LogP contribution in [0.2, 0.25) is 0 Å². The zero-order valence-electron chi connectivity index (χ0n) is 18.0.